The van der Waals surface area contributed by atoms with E-state index in [4.69, 9.17) is 9.47 Å². The molecule has 0 radical (unpaired) electrons. The van der Waals surface area contributed by atoms with E-state index in [1.165, 1.54) is 7.11 Å². The van der Waals surface area contributed by atoms with Crippen LogP contribution >= 0.6 is 0 Å². The minimum atomic E-state index is -0.699. The first-order chi connectivity index (χ1) is 15.1. The third kappa shape index (κ3) is 6.11. The van der Waals surface area contributed by atoms with E-state index < -0.39 is 11.8 Å². The van der Waals surface area contributed by atoms with Gasteiger partial charge in [0.25, 0.3) is 0 Å². The summed E-state index contributed by atoms with van der Waals surface area (Å²) in [4.78, 5) is 28.9. The lowest BCUT2D eigenvalue weighted by molar-refractivity contribution is -0.136. The minimum absolute atomic E-state index is 0.449. The highest BCUT2D eigenvalue weighted by atomic mass is 16.5. The van der Waals surface area contributed by atoms with Gasteiger partial charge in [0.1, 0.15) is 11.5 Å². The zero-order chi connectivity index (χ0) is 22.1. The lowest BCUT2D eigenvalue weighted by Gasteiger charge is -2.36. The number of rotatable bonds is 8. The van der Waals surface area contributed by atoms with Crippen LogP contribution in [0.3, 0.4) is 0 Å². The van der Waals surface area contributed by atoms with E-state index in [0.29, 0.717) is 18.0 Å². The van der Waals surface area contributed by atoms with E-state index in [1.54, 1.807) is 31.4 Å². The molecule has 8 heteroatoms. The number of carbonyl (C=O) groups is 2. The van der Waals surface area contributed by atoms with Crippen LogP contribution in [0.2, 0.25) is 0 Å². The largest absolute Gasteiger partial charge is 0.495 e. The summed E-state index contributed by atoms with van der Waals surface area (Å²) in [5.41, 5.74) is 1.59. The molecule has 0 atom stereocenters. The molecule has 166 valence electrons. The summed E-state index contributed by atoms with van der Waals surface area (Å²) in [5, 5.41) is 5.26. The molecule has 2 aromatic rings. The lowest BCUT2D eigenvalue weighted by Crippen LogP contribution is -2.47. The Morgan fingerprint density at radius 2 is 1.52 bits per heavy atom. The third-order valence-corrected chi connectivity index (χ3v) is 5.30. The number of benzene rings is 2. The molecule has 3 rings (SSSR count). The number of hydrogen-bond donors (Lipinski definition) is 2. The van der Waals surface area contributed by atoms with Crippen molar-refractivity contribution in [3.05, 3.63) is 48.5 Å². The molecule has 1 heterocycles. The number of methoxy groups -OCH3 is 2. The Bertz CT molecular complexity index is 881. The SMILES string of the molecule is COc1ccccc1NC(=O)C(=O)NCCCN1CCN(c2ccccc2OC)CC1. The van der Waals surface area contributed by atoms with Crippen LogP contribution in [0.15, 0.2) is 48.5 Å². The Balaban J connectivity index is 1.36. The Morgan fingerprint density at radius 1 is 0.871 bits per heavy atom. The number of piperazine rings is 1. The summed E-state index contributed by atoms with van der Waals surface area (Å²) in [6.07, 6.45) is 0.780. The first kappa shape index (κ1) is 22.4. The topological polar surface area (TPSA) is 83.1 Å². The number of amides is 2. The smallest absolute Gasteiger partial charge is 0.313 e. The highest BCUT2D eigenvalue weighted by Gasteiger charge is 2.19. The van der Waals surface area contributed by atoms with Crippen molar-refractivity contribution in [1.82, 2.24) is 10.2 Å². The van der Waals surface area contributed by atoms with E-state index in [-0.39, 0.29) is 0 Å². The Labute approximate surface area is 183 Å². The van der Waals surface area contributed by atoms with Crippen molar-refractivity contribution in [2.75, 3.05) is 63.7 Å². The Kier molecular flexibility index (Phi) is 8.12. The second kappa shape index (κ2) is 11.2. The maximum atomic E-state index is 12.1. The quantitative estimate of drug-likeness (QED) is 0.496. The summed E-state index contributed by atoms with van der Waals surface area (Å²) in [7, 11) is 3.21. The van der Waals surface area contributed by atoms with Crippen molar-refractivity contribution in [2.45, 2.75) is 6.42 Å². The number of nitrogens with one attached hydrogen (secondary N) is 2. The number of para-hydroxylation sites is 4. The average molecular weight is 427 g/mol. The van der Waals surface area contributed by atoms with Gasteiger partial charge in [-0.3, -0.25) is 14.5 Å². The van der Waals surface area contributed by atoms with E-state index in [0.717, 1.165) is 50.6 Å². The molecule has 1 aliphatic heterocycles. The predicted molar refractivity (Wildman–Crippen MR) is 121 cm³/mol. The fourth-order valence-corrected chi connectivity index (χ4v) is 3.62. The zero-order valence-electron chi connectivity index (χ0n) is 18.1. The molecule has 0 spiro atoms. The summed E-state index contributed by atoms with van der Waals surface area (Å²) in [5.74, 6) is 0.0581. The van der Waals surface area contributed by atoms with Crippen LogP contribution in [0.5, 0.6) is 11.5 Å². The van der Waals surface area contributed by atoms with Crippen molar-refractivity contribution in [3.63, 3.8) is 0 Å². The van der Waals surface area contributed by atoms with E-state index in [1.807, 2.05) is 18.2 Å². The van der Waals surface area contributed by atoms with Crippen LogP contribution in [0.25, 0.3) is 0 Å². The van der Waals surface area contributed by atoms with Gasteiger partial charge in [-0.2, -0.15) is 0 Å². The number of nitrogens with zero attached hydrogens (tertiary/aromatic N) is 2. The molecule has 0 bridgehead atoms. The van der Waals surface area contributed by atoms with Gasteiger partial charge in [0.05, 0.1) is 25.6 Å². The van der Waals surface area contributed by atoms with Crippen LogP contribution in [0, 0.1) is 0 Å². The molecule has 2 N–H and O–H groups in total. The normalized spacial score (nSPS) is 14.1. The molecular weight excluding hydrogens is 396 g/mol. The summed E-state index contributed by atoms with van der Waals surface area (Å²) < 4.78 is 10.6. The third-order valence-electron chi connectivity index (χ3n) is 5.30. The first-order valence-corrected chi connectivity index (χ1v) is 10.4. The van der Waals surface area contributed by atoms with Crippen molar-refractivity contribution in [3.8, 4) is 11.5 Å². The van der Waals surface area contributed by atoms with Crippen molar-refractivity contribution in [1.29, 1.82) is 0 Å². The summed E-state index contributed by atoms with van der Waals surface area (Å²) >= 11 is 0. The fourth-order valence-electron chi connectivity index (χ4n) is 3.62. The van der Waals surface area contributed by atoms with Gasteiger partial charge in [-0.1, -0.05) is 24.3 Å². The van der Waals surface area contributed by atoms with Gasteiger partial charge in [-0.05, 0) is 37.2 Å². The zero-order valence-corrected chi connectivity index (χ0v) is 18.1. The monoisotopic (exact) mass is 426 g/mol. The second-order valence-corrected chi connectivity index (χ2v) is 7.26. The molecule has 2 aromatic carbocycles. The highest BCUT2D eigenvalue weighted by Crippen LogP contribution is 2.28. The van der Waals surface area contributed by atoms with Gasteiger partial charge in [0, 0.05) is 32.7 Å². The van der Waals surface area contributed by atoms with Crippen LogP contribution in [0.4, 0.5) is 11.4 Å². The van der Waals surface area contributed by atoms with Crippen LogP contribution in [-0.4, -0.2) is 70.2 Å². The molecule has 31 heavy (non-hydrogen) atoms. The fraction of sp³-hybridized carbons (Fsp3) is 0.391. The maximum Gasteiger partial charge on any atom is 0.313 e. The second-order valence-electron chi connectivity index (χ2n) is 7.26. The van der Waals surface area contributed by atoms with Crippen molar-refractivity contribution >= 4 is 23.2 Å². The van der Waals surface area contributed by atoms with E-state index in [2.05, 4.69) is 26.5 Å². The molecule has 2 amide bonds. The molecule has 8 nitrogen and oxygen atoms in total. The van der Waals surface area contributed by atoms with Gasteiger partial charge in [-0.15, -0.1) is 0 Å². The van der Waals surface area contributed by atoms with Gasteiger partial charge in [0.15, 0.2) is 0 Å². The lowest BCUT2D eigenvalue weighted by atomic mass is 10.2. The van der Waals surface area contributed by atoms with Crippen LogP contribution in [0.1, 0.15) is 6.42 Å². The molecule has 0 aliphatic carbocycles. The van der Waals surface area contributed by atoms with E-state index >= 15 is 0 Å². The summed E-state index contributed by atoms with van der Waals surface area (Å²) in [6.45, 7) is 5.06. The van der Waals surface area contributed by atoms with Gasteiger partial charge in [0.2, 0.25) is 0 Å². The average Bonchev–Trinajstić information content (AvgIpc) is 2.82. The molecule has 0 saturated carbocycles. The van der Waals surface area contributed by atoms with Crippen molar-refractivity contribution < 1.29 is 19.1 Å². The van der Waals surface area contributed by atoms with E-state index in [9.17, 15) is 9.59 Å². The van der Waals surface area contributed by atoms with Gasteiger partial charge in [-0.25, -0.2) is 0 Å². The number of ether oxygens (including phenoxy) is 2. The molecule has 1 fully saturated rings. The number of anilines is 2. The highest BCUT2D eigenvalue weighted by molar-refractivity contribution is 6.39. The predicted octanol–water partition coefficient (Wildman–Crippen LogP) is 1.97. The first-order valence-electron chi connectivity index (χ1n) is 10.4. The van der Waals surface area contributed by atoms with Crippen LogP contribution in [-0.2, 0) is 9.59 Å². The molecular formula is C23H30N4O4. The molecule has 0 aromatic heterocycles. The summed E-state index contributed by atoms with van der Waals surface area (Å²) in [6, 6.07) is 15.0. The maximum absolute atomic E-state index is 12.1. The molecule has 0 unspecified atom stereocenters. The number of carbonyl (C=O) groups excluding carboxylic acids is 2. The van der Waals surface area contributed by atoms with Crippen molar-refractivity contribution in [2.24, 2.45) is 0 Å². The molecule has 1 saturated heterocycles. The van der Waals surface area contributed by atoms with Gasteiger partial charge < -0.3 is 25.0 Å². The van der Waals surface area contributed by atoms with Crippen LogP contribution < -0.4 is 25.0 Å². The molecule has 1 aliphatic rings. The standard InChI is InChI=1S/C23H30N4O4/c1-30-20-10-5-3-8-18(20)25-23(29)22(28)24-12-7-13-26-14-16-27(17-15-26)19-9-4-6-11-21(19)31-2/h3-6,8-11H,7,12-17H2,1-2H3,(H,24,28)(H,25,29). The Morgan fingerprint density at radius 3 is 2.23 bits per heavy atom. The van der Waals surface area contributed by atoms with Gasteiger partial charge >= 0.3 is 11.8 Å². The Hall–Kier alpha value is -3.26. The number of hydrogen-bond acceptors (Lipinski definition) is 6. The minimum Gasteiger partial charge on any atom is -0.495 e.